The van der Waals surface area contributed by atoms with Gasteiger partial charge in [0.1, 0.15) is 0 Å². The molecule has 3 unspecified atom stereocenters. The first-order valence-corrected chi connectivity index (χ1v) is 9.23. The van der Waals surface area contributed by atoms with Crippen LogP contribution in [-0.4, -0.2) is 38.5 Å². The summed E-state index contributed by atoms with van der Waals surface area (Å²) in [5, 5.41) is 3.76. The topological polar surface area (TPSA) is 30.5 Å². The van der Waals surface area contributed by atoms with Gasteiger partial charge >= 0.3 is 0 Å². The van der Waals surface area contributed by atoms with Crippen molar-refractivity contribution < 1.29 is 9.47 Å². The maximum atomic E-state index is 5.96. The molecule has 1 aliphatic heterocycles. The van der Waals surface area contributed by atoms with Gasteiger partial charge in [0, 0.05) is 19.8 Å². The van der Waals surface area contributed by atoms with E-state index in [-0.39, 0.29) is 0 Å². The highest BCUT2D eigenvalue weighted by Gasteiger charge is 2.31. The Bertz CT molecular complexity index is 260. The lowest BCUT2D eigenvalue weighted by Gasteiger charge is -2.36. The van der Waals surface area contributed by atoms with Gasteiger partial charge in [-0.1, -0.05) is 26.2 Å². The highest BCUT2D eigenvalue weighted by Crippen LogP contribution is 2.31. The van der Waals surface area contributed by atoms with E-state index in [1.807, 2.05) is 7.11 Å². The van der Waals surface area contributed by atoms with Gasteiger partial charge in [0.05, 0.1) is 12.2 Å². The Morgan fingerprint density at radius 1 is 1.14 bits per heavy atom. The maximum Gasteiger partial charge on any atom is 0.0752 e. The van der Waals surface area contributed by atoms with Crippen LogP contribution in [0.15, 0.2) is 0 Å². The highest BCUT2D eigenvalue weighted by molar-refractivity contribution is 4.86. The summed E-state index contributed by atoms with van der Waals surface area (Å²) in [5.41, 5.74) is 0. The third-order valence-corrected chi connectivity index (χ3v) is 5.26. The van der Waals surface area contributed by atoms with Gasteiger partial charge in [-0.2, -0.15) is 0 Å². The van der Waals surface area contributed by atoms with Crippen LogP contribution in [0.3, 0.4) is 0 Å². The zero-order chi connectivity index (χ0) is 14.9. The molecule has 3 nitrogen and oxygen atoms in total. The minimum absolute atomic E-state index is 0.387. The van der Waals surface area contributed by atoms with Crippen molar-refractivity contribution in [3.63, 3.8) is 0 Å². The second kappa shape index (κ2) is 9.81. The van der Waals surface area contributed by atoms with Crippen molar-refractivity contribution in [2.24, 2.45) is 5.92 Å². The van der Waals surface area contributed by atoms with E-state index in [1.54, 1.807) is 0 Å². The van der Waals surface area contributed by atoms with Crippen molar-refractivity contribution in [2.45, 2.75) is 89.4 Å². The van der Waals surface area contributed by atoms with Gasteiger partial charge in [-0.25, -0.2) is 0 Å². The number of ether oxygens (including phenoxy) is 2. The van der Waals surface area contributed by atoms with Gasteiger partial charge in [0.2, 0.25) is 0 Å². The molecule has 21 heavy (non-hydrogen) atoms. The van der Waals surface area contributed by atoms with Crippen LogP contribution in [0.4, 0.5) is 0 Å². The van der Waals surface area contributed by atoms with Crippen LogP contribution in [0.5, 0.6) is 0 Å². The van der Waals surface area contributed by atoms with Crippen molar-refractivity contribution in [3.8, 4) is 0 Å². The number of rotatable bonds is 9. The Hall–Kier alpha value is -0.120. The van der Waals surface area contributed by atoms with E-state index in [0.29, 0.717) is 18.2 Å². The monoisotopic (exact) mass is 297 g/mol. The molecular formula is C18H35NO2. The highest BCUT2D eigenvalue weighted by atomic mass is 16.5. The molecule has 1 heterocycles. The second-order valence-corrected chi connectivity index (χ2v) is 6.87. The van der Waals surface area contributed by atoms with Crippen molar-refractivity contribution >= 4 is 0 Å². The predicted octanol–water partition coefficient (Wildman–Crippen LogP) is 3.91. The minimum atomic E-state index is 0.387. The smallest absolute Gasteiger partial charge is 0.0752 e. The van der Waals surface area contributed by atoms with Gasteiger partial charge < -0.3 is 14.8 Å². The summed E-state index contributed by atoms with van der Waals surface area (Å²) in [7, 11) is 1.91. The summed E-state index contributed by atoms with van der Waals surface area (Å²) in [6.07, 6.45) is 13.8. The average molecular weight is 297 g/mol. The molecule has 124 valence electrons. The molecule has 0 amide bonds. The molecule has 0 aromatic heterocycles. The zero-order valence-electron chi connectivity index (χ0n) is 14.1. The van der Waals surface area contributed by atoms with E-state index in [9.17, 15) is 0 Å². The third-order valence-electron chi connectivity index (χ3n) is 5.26. The number of hydrogen-bond acceptors (Lipinski definition) is 3. The van der Waals surface area contributed by atoms with Crippen molar-refractivity contribution in [3.05, 3.63) is 0 Å². The van der Waals surface area contributed by atoms with E-state index in [1.165, 1.54) is 64.2 Å². The molecule has 1 N–H and O–H groups in total. The van der Waals surface area contributed by atoms with Crippen LogP contribution < -0.4 is 5.32 Å². The number of methoxy groups -OCH3 is 1. The lowest BCUT2D eigenvalue weighted by Crippen LogP contribution is -2.46. The van der Waals surface area contributed by atoms with Crippen molar-refractivity contribution in [1.29, 1.82) is 0 Å². The van der Waals surface area contributed by atoms with Gasteiger partial charge in [-0.15, -0.1) is 0 Å². The maximum absolute atomic E-state index is 5.96. The summed E-state index contributed by atoms with van der Waals surface area (Å²) in [6.45, 7) is 4.31. The molecule has 0 spiro atoms. The zero-order valence-corrected chi connectivity index (χ0v) is 14.1. The summed E-state index contributed by atoms with van der Waals surface area (Å²) in [4.78, 5) is 0. The number of nitrogens with one attached hydrogen (secondary N) is 1. The molecule has 2 rings (SSSR count). The van der Waals surface area contributed by atoms with E-state index >= 15 is 0 Å². The van der Waals surface area contributed by atoms with E-state index in [2.05, 4.69) is 12.2 Å². The lowest BCUT2D eigenvalue weighted by atomic mass is 9.81. The molecule has 0 bridgehead atoms. The molecule has 1 aliphatic carbocycles. The summed E-state index contributed by atoms with van der Waals surface area (Å²) < 4.78 is 11.8. The summed E-state index contributed by atoms with van der Waals surface area (Å²) in [5.74, 6) is 0.752. The Balaban J connectivity index is 1.87. The average Bonchev–Trinajstić information content (AvgIpc) is 3.04. The molecule has 3 atom stereocenters. The molecular weight excluding hydrogens is 262 g/mol. The normalized spacial score (nSPS) is 26.9. The van der Waals surface area contributed by atoms with Crippen molar-refractivity contribution in [1.82, 2.24) is 5.32 Å². The van der Waals surface area contributed by atoms with Gasteiger partial charge in [-0.05, 0) is 57.4 Å². The second-order valence-electron chi connectivity index (χ2n) is 6.87. The van der Waals surface area contributed by atoms with E-state index < -0.39 is 0 Å². The standard InChI is InChI=1S/C18H35NO2/c1-3-13-19-17(12-11-16-10-7-14-21-16)18(20-2)15-8-5-4-6-9-15/h15-19H,3-14H2,1-2H3. The first-order valence-electron chi connectivity index (χ1n) is 9.23. The van der Waals surface area contributed by atoms with Crippen LogP contribution in [-0.2, 0) is 9.47 Å². The summed E-state index contributed by atoms with van der Waals surface area (Å²) in [6, 6.07) is 0.502. The Kier molecular flexibility index (Phi) is 8.05. The first kappa shape index (κ1) is 17.2. The fourth-order valence-electron chi connectivity index (χ4n) is 4.10. The fraction of sp³-hybridized carbons (Fsp3) is 1.00. The molecule has 0 radical (unpaired) electrons. The lowest BCUT2D eigenvalue weighted by molar-refractivity contribution is 0.00125. The molecule has 1 saturated carbocycles. The van der Waals surface area contributed by atoms with Gasteiger partial charge in [0.15, 0.2) is 0 Å². The third kappa shape index (κ3) is 5.54. The largest absolute Gasteiger partial charge is 0.380 e. The molecule has 0 aromatic carbocycles. The fourth-order valence-corrected chi connectivity index (χ4v) is 4.10. The molecule has 0 aromatic rings. The molecule has 2 aliphatic rings. The van der Waals surface area contributed by atoms with Crippen LogP contribution in [0.2, 0.25) is 0 Å². The van der Waals surface area contributed by atoms with Gasteiger partial charge in [0.25, 0.3) is 0 Å². The van der Waals surface area contributed by atoms with Crippen LogP contribution in [0.25, 0.3) is 0 Å². The van der Waals surface area contributed by atoms with E-state index in [0.717, 1.165) is 19.1 Å². The molecule has 1 saturated heterocycles. The first-order chi connectivity index (χ1) is 10.3. The predicted molar refractivity (Wildman–Crippen MR) is 87.7 cm³/mol. The Morgan fingerprint density at radius 2 is 1.95 bits per heavy atom. The van der Waals surface area contributed by atoms with Gasteiger partial charge in [-0.3, -0.25) is 0 Å². The van der Waals surface area contributed by atoms with Crippen LogP contribution >= 0.6 is 0 Å². The quantitative estimate of drug-likeness (QED) is 0.700. The molecule has 3 heteroatoms. The van der Waals surface area contributed by atoms with Crippen LogP contribution in [0, 0.1) is 5.92 Å². The van der Waals surface area contributed by atoms with Crippen molar-refractivity contribution in [2.75, 3.05) is 20.3 Å². The number of hydrogen-bond donors (Lipinski definition) is 1. The summed E-state index contributed by atoms with van der Waals surface area (Å²) >= 11 is 0. The Labute approximate surface area is 131 Å². The SMILES string of the molecule is CCCNC(CCC1CCCO1)C(OC)C1CCCCC1. The minimum Gasteiger partial charge on any atom is -0.380 e. The van der Waals surface area contributed by atoms with E-state index in [4.69, 9.17) is 9.47 Å². The Morgan fingerprint density at radius 3 is 2.57 bits per heavy atom. The van der Waals surface area contributed by atoms with Crippen LogP contribution in [0.1, 0.15) is 71.1 Å². The molecule has 2 fully saturated rings.